The molecule has 3 heterocycles. The Morgan fingerprint density at radius 3 is 2.83 bits per heavy atom. The van der Waals surface area contributed by atoms with Gasteiger partial charge in [0.2, 0.25) is 0 Å². The quantitative estimate of drug-likeness (QED) is 0.670. The largest absolute Gasteiger partial charge is 0.392 e. The molecule has 3 unspecified atom stereocenters. The molecule has 6 aliphatic carbocycles. The predicted octanol–water partition coefficient (Wildman–Crippen LogP) is 1.79. The van der Waals surface area contributed by atoms with Crippen LogP contribution in [0.3, 0.4) is 0 Å². The second-order valence-corrected chi connectivity index (χ2v) is 10.5. The smallest absolute Gasteiger partial charge is 0.0815 e. The average molecular weight is 313 g/mol. The standard InChI is InChI=1S/C20H27NO2/c1-9-10-6-11-16-19-5-3-4-18(2)8-21(16)12(14(18)19)7-20(11,17(9)23)15(19)13(10)22/h10-17,22-23H,1,3-8H2,2H3/t10-,11-,12+,13+,14-,15+,16?,17-,18+,19+,20?/m1/s1. The van der Waals surface area contributed by atoms with Crippen LogP contribution in [0, 0.1) is 39.9 Å². The lowest BCUT2D eigenvalue weighted by Crippen LogP contribution is -2.68. The Morgan fingerprint density at radius 1 is 1.17 bits per heavy atom. The number of nitrogens with zero attached hydrogens (tertiary/aromatic N) is 1. The van der Waals surface area contributed by atoms with E-state index in [0.29, 0.717) is 34.7 Å². The second kappa shape index (κ2) is 3.20. The zero-order chi connectivity index (χ0) is 15.5. The lowest BCUT2D eigenvalue weighted by Gasteiger charge is -2.66. The van der Waals surface area contributed by atoms with Gasteiger partial charge in [-0.05, 0) is 53.9 Å². The van der Waals surface area contributed by atoms with E-state index in [1.165, 1.54) is 25.8 Å². The summed E-state index contributed by atoms with van der Waals surface area (Å²) in [6.45, 7) is 8.04. The van der Waals surface area contributed by atoms with E-state index in [1.807, 2.05) is 0 Å². The van der Waals surface area contributed by atoms with E-state index in [2.05, 4.69) is 18.4 Å². The third-order valence-corrected chi connectivity index (χ3v) is 10.3. The van der Waals surface area contributed by atoms with E-state index in [1.54, 1.807) is 0 Å². The molecule has 23 heavy (non-hydrogen) atoms. The van der Waals surface area contributed by atoms with E-state index in [9.17, 15) is 10.2 Å². The van der Waals surface area contributed by atoms with Gasteiger partial charge in [0, 0.05) is 35.9 Å². The summed E-state index contributed by atoms with van der Waals surface area (Å²) in [6.07, 6.45) is 5.64. The Kier molecular flexibility index (Phi) is 1.79. The van der Waals surface area contributed by atoms with Crippen LogP contribution in [0.2, 0.25) is 0 Å². The predicted molar refractivity (Wildman–Crippen MR) is 85.5 cm³/mol. The molecule has 9 rings (SSSR count). The number of hydrogen-bond acceptors (Lipinski definition) is 3. The van der Waals surface area contributed by atoms with Crippen molar-refractivity contribution in [2.45, 2.75) is 63.3 Å². The fourth-order valence-corrected chi connectivity index (χ4v) is 10.5. The normalized spacial score (nSPS) is 75.6. The summed E-state index contributed by atoms with van der Waals surface area (Å²) in [7, 11) is 0. The summed E-state index contributed by atoms with van der Waals surface area (Å²) in [6, 6.07) is 1.34. The maximum atomic E-state index is 11.3. The molecule has 124 valence electrons. The van der Waals surface area contributed by atoms with Gasteiger partial charge in [0.25, 0.3) is 0 Å². The van der Waals surface area contributed by atoms with E-state index in [4.69, 9.17) is 0 Å². The minimum absolute atomic E-state index is 0.0316. The highest BCUT2D eigenvalue weighted by atomic mass is 16.3. The first-order valence-electron chi connectivity index (χ1n) is 9.77. The molecule has 3 heteroatoms. The van der Waals surface area contributed by atoms with Gasteiger partial charge in [0.05, 0.1) is 12.2 Å². The lowest BCUT2D eigenvalue weighted by atomic mass is 9.39. The van der Waals surface area contributed by atoms with Crippen molar-refractivity contribution in [2.75, 3.05) is 6.54 Å². The first kappa shape index (κ1) is 12.9. The first-order chi connectivity index (χ1) is 11.0. The highest BCUT2D eigenvalue weighted by Crippen LogP contribution is 2.86. The van der Waals surface area contributed by atoms with Crippen molar-refractivity contribution in [3.63, 3.8) is 0 Å². The molecule has 9 bridgehead atoms. The van der Waals surface area contributed by atoms with Crippen molar-refractivity contribution < 1.29 is 10.2 Å². The molecule has 0 amide bonds. The number of piperidine rings is 2. The maximum Gasteiger partial charge on any atom is 0.0815 e. The van der Waals surface area contributed by atoms with Crippen LogP contribution in [0.25, 0.3) is 0 Å². The van der Waals surface area contributed by atoms with Crippen LogP contribution in [-0.4, -0.2) is 45.9 Å². The third kappa shape index (κ3) is 0.910. The molecule has 3 nitrogen and oxygen atoms in total. The molecule has 9 fully saturated rings. The van der Waals surface area contributed by atoms with Crippen LogP contribution in [-0.2, 0) is 0 Å². The Morgan fingerprint density at radius 2 is 2.00 bits per heavy atom. The van der Waals surface area contributed by atoms with Crippen LogP contribution >= 0.6 is 0 Å². The van der Waals surface area contributed by atoms with Crippen molar-refractivity contribution in [1.82, 2.24) is 4.90 Å². The van der Waals surface area contributed by atoms with Gasteiger partial charge in [-0.1, -0.05) is 19.9 Å². The highest BCUT2D eigenvalue weighted by Gasteiger charge is 2.89. The maximum absolute atomic E-state index is 11.3. The molecule has 0 aromatic rings. The molecule has 3 saturated heterocycles. The van der Waals surface area contributed by atoms with Crippen LogP contribution in [0.4, 0.5) is 0 Å². The Bertz CT molecular complexity index is 677. The van der Waals surface area contributed by atoms with Crippen LogP contribution in [0.15, 0.2) is 12.2 Å². The average Bonchev–Trinajstić information content (AvgIpc) is 2.93. The lowest BCUT2D eigenvalue weighted by molar-refractivity contribution is -0.213. The minimum Gasteiger partial charge on any atom is -0.392 e. The number of hydrogen-bond donors (Lipinski definition) is 2. The molecule has 12 atom stereocenters. The highest BCUT2D eigenvalue weighted by molar-refractivity contribution is 5.43. The van der Waals surface area contributed by atoms with Crippen LogP contribution in [0.5, 0.6) is 0 Å². The molecule has 0 aromatic heterocycles. The topological polar surface area (TPSA) is 43.7 Å². The first-order valence-corrected chi connectivity index (χ1v) is 9.77. The van der Waals surface area contributed by atoms with Crippen molar-refractivity contribution in [3.8, 4) is 0 Å². The summed E-state index contributed by atoms with van der Waals surface area (Å²) in [4.78, 5) is 2.88. The van der Waals surface area contributed by atoms with Gasteiger partial charge in [-0.15, -0.1) is 0 Å². The van der Waals surface area contributed by atoms with Gasteiger partial charge in [0.15, 0.2) is 0 Å². The van der Waals surface area contributed by atoms with Gasteiger partial charge in [-0.3, -0.25) is 4.90 Å². The zero-order valence-corrected chi connectivity index (χ0v) is 13.9. The van der Waals surface area contributed by atoms with Crippen molar-refractivity contribution >= 4 is 0 Å². The minimum atomic E-state index is -0.349. The van der Waals surface area contributed by atoms with Gasteiger partial charge in [-0.25, -0.2) is 0 Å². The van der Waals surface area contributed by atoms with Crippen LogP contribution in [0.1, 0.15) is 39.0 Å². The fourth-order valence-electron chi connectivity index (χ4n) is 10.5. The van der Waals surface area contributed by atoms with E-state index < -0.39 is 0 Å². The number of aliphatic hydroxyl groups excluding tert-OH is 2. The second-order valence-electron chi connectivity index (χ2n) is 10.5. The van der Waals surface area contributed by atoms with Crippen molar-refractivity contribution in [2.24, 2.45) is 39.9 Å². The number of aliphatic hydroxyl groups is 2. The van der Waals surface area contributed by atoms with Gasteiger partial charge < -0.3 is 10.2 Å². The van der Waals surface area contributed by atoms with Gasteiger partial charge >= 0.3 is 0 Å². The molecule has 6 saturated carbocycles. The molecule has 0 radical (unpaired) electrons. The molecule has 9 aliphatic rings. The summed E-state index contributed by atoms with van der Waals surface area (Å²) >= 11 is 0. The molecule has 3 aliphatic heterocycles. The Labute approximate surface area is 137 Å². The summed E-state index contributed by atoms with van der Waals surface area (Å²) in [5, 5.41) is 22.6. The van der Waals surface area contributed by atoms with E-state index >= 15 is 0 Å². The summed E-state index contributed by atoms with van der Waals surface area (Å²) < 4.78 is 0. The number of rotatable bonds is 0. The Balaban J connectivity index is 1.55. The van der Waals surface area contributed by atoms with Gasteiger partial charge in [-0.2, -0.15) is 0 Å². The number of fused-ring (bicyclic) bond motifs is 1. The molecule has 0 aromatic carbocycles. The molecule has 2 spiro atoms. The van der Waals surface area contributed by atoms with Crippen molar-refractivity contribution in [3.05, 3.63) is 12.2 Å². The zero-order valence-electron chi connectivity index (χ0n) is 13.9. The van der Waals surface area contributed by atoms with Crippen LogP contribution < -0.4 is 0 Å². The van der Waals surface area contributed by atoms with E-state index in [0.717, 1.165) is 24.3 Å². The van der Waals surface area contributed by atoms with E-state index in [-0.39, 0.29) is 23.5 Å². The molecule has 2 N–H and O–H groups in total. The fraction of sp³-hybridized carbons (Fsp3) is 0.900. The summed E-state index contributed by atoms with van der Waals surface area (Å²) in [5.74, 6) is 1.90. The SMILES string of the molecule is C=C1[C@H]2C[C@@H]3C4N5C[C@]6(C)CCC[C@]47[C@H]([C@H]2O)C3(C[C@H]5[C@H]67)[C@@H]1O. The molecular formula is C20H27NO2. The van der Waals surface area contributed by atoms with Gasteiger partial charge in [0.1, 0.15) is 0 Å². The monoisotopic (exact) mass is 313 g/mol. The van der Waals surface area contributed by atoms with Crippen molar-refractivity contribution in [1.29, 1.82) is 0 Å². The summed E-state index contributed by atoms with van der Waals surface area (Å²) in [5.41, 5.74) is 1.72. The third-order valence-electron chi connectivity index (χ3n) is 10.3. The Hall–Kier alpha value is -0.380. The molecular weight excluding hydrogens is 286 g/mol.